The summed E-state index contributed by atoms with van der Waals surface area (Å²) in [4.78, 5) is 53.2. The topological polar surface area (TPSA) is 84.0 Å². The van der Waals surface area contributed by atoms with Gasteiger partial charge in [0.1, 0.15) is 12.1 Å². The van der Waals surface area contributed by atoms with Crippen molar-refractivity contribution in [3.8, 4) is 0 Å². The van der Waals surface area contributed by atoms with E-state index >= 15 is 0 Å². The lowest BCUT2D eigenvalue weighted by atomic mass is 10.0. The van der Waals surface area contributed by atoms with E-state index in [4.69, 9.17) is 4.74 Å². The van der Waals surface area contributed by atoms with Gasteiger partial charge in [-0.1, -0.05) is 12.1 Å². The number of fused-ring (bicyclic) bond motifs is 1. The largest absolute Gasteiger partial charge is 0.459 e. The molecule has 0 atom stereocenters. The molecule has 0 saturated heterocycles. The molecule has 0 radical (unpaired) electrons. The Labute approximate surface area is 181 Å². The van der Waals surface area contributed by atoms with Gasteiger partial charge >= 0.3 is 5.97 Å². The van der Waals surface area contributed by atoms with Crippen molar-refractivity contribution in [2.75, 3.05) is 18.5 Å². The molecule has 0 spiro atoms. The molecule has 0 aromatic heterocycles. The first-order chi connectivity index (χ1) is 14.4. The number of nitrogens with zero attached hydrogens (tertiary/aromatic N) is 2. The summed E-state index contributed by atoms with van der Waals surface area (Å²) in [6.07, 6.45) is 0. The van der Waals surface area contributed by atoms with Gasteiger partial charge in [-0.2, -0.15) is 0 Å². The number of esters is 1. The van der Waals surface area contributed by atoms with Crippen LogP contribution in [0.25, 0.3) is 0 Å². The van der Waals surface area contributed by atoms with Crippen LogP contribution >= 0.6 is 0 Å². The van der Waals surface area contributed by atoms with Crippen molar-refractivity contribution in [1.29, 1.82) is 0 Å². The van der Waals surface area contributed by atoms with Gasteiger partial charge in [-0.05, 0) is 70.0 Å². The standard InChI is InChI=1S/C24H26N2O5/c1-14-7-8-15(2)19(11-14)26-22(29)17-10-9-16(12-18(17)23(26)30)21(28)25(6)13-20(27)31-24(3,4)5/h7-12H,13H2,1-6H3. The van der Waals surface area contributed by atoms with E-state index in [0.29, 0.717) is 5.69 Å². The fourth-order valence-electron chi connectivity index (χ4n) is 3.41. The van der Waals surface area contributed by atoms with Gasteiger partial charge in [0.15, 0.2) is 0 Å². The predicted molar refractivity (Wildman–Crippen MR) is 116 cm³/mol. The van der Waals surface area contributed by atoms with Crippen LogP contribution in [0, 0.1) is 13.8 Å². The van der Waals surface area contributed by atoms with Gasteiger partial charge in [-0.25, -0.2) is 4.90 Å². The molecule has 1 heterocycles. The molecule has 3 amide bonds. The molecule has 0 unspecified atom stereocenters. The van der Waals surface area contributed by atoms with E-state index in [9.17, 15) is 19.2 Å². The average molecular weight is 422 g/mol. The maximum Gasteiger partial charge on any atom is 0.326 e. The van der Waals surface area contributed by atoms with Crippen LogP contribution in [-0.4, -0.2) is 47.8 Å². The number of carbonyl (C=O) groups excluding carboxylic acids is 4. The third-order valence-corrected chi connectivity index (χ3v) is 4.87. The number of likely N-dealkylation sites (N-methyl/N-ethyl adjacent to an activating group) is 1. The Bertz CT molecular complexity index is 1100. The number of anilines is 1. The van der Waals surface area contributed by atoms with Gasteiger partial charge < -0.3 is 9.64 Å². The zero-order valence-electron chi connectivity index (χ0n) is 18.6. The molecule has 1 aliphatic heterocycles. The quantitative estimate of drug-likeness (QED) is 0.556. The molecule has 7 heteroatoms. The van der Waals surface area contributed by atoms with E-state index in [-0.39, 0.29) is 23.2 Å². The van der Waals surface area contributed by atoms with Crippen molar-refractivity contribution in [1.82, 2.24) is 4.90 Å². The summed E-state index contributed by atoms with van der Waals surface area (Å²) < 4.78 is 5.25. The van der Waals surface area contributed by atoms with E-state index in [0.717, 1.165) is 16.0 Å². The Morgan fingerprint density at radius 1 is 0.968 bits per heavy atom. The van der Waals surface area contributed by atoms with Gasteiger partial charge in [0, 0.05) is 12.6 Å². The highest BCUT2D eigenvalue weighted by molar-refractivity contribution is 6.35. The van der Waals surface area contributed by atoms with Crippen molar-refractivity contribution < 1.29 is 23.9 Å². The zero-order chi connectivity index (χ0) is 23.1. The van der Waals surface area contributed by atoms with E-state index in [1.54, 1.807) is 26.8 Å². The Morgan fingerprint density at radius 2 is 1.61 bits per heavy atom. The predicted octanol–water partition coefficient (Wildman–Crippen LogP) is 3.52. The molecule has 0 N–H and O–H groups in total. The van der Waals surface area contributed by atoms with E-state index in [1.807, 2.05) is 26.0 Å². The van der Waals surface area contributed by atoms with Crippen molar-refractivity contribution in [3.63, 3.8) is 0 Å². The number of hydrogen-bond acceptors (Lipinski definition) is 5. The fourth-order valence-corrected chi connectivity index (χ4v) is 3.41. The van der Waals surface area contributed by atoms with Crippen LogP contribution in [0.2, 0.25) is 0 Å². The molecule has 2 aromatic rings. The molecule has 0 saturated carbocycles. The van der Waals surface area contributed by atoms with E-state index in [1.165, 1.54) is 30.1 Å². The van der Waals surface area contributed by atoms with Crippen LogP contribution in [0.5, 0.6) is 0 Å². The van der Waals surface area contributed by atoms with Crippen LogP contribution in [0.1, 0.15) is 63.0 Å². The SMILES string of the molecule is Cc1ccc(C)c(N2C(=O)c3ccc(C(=O)N(C)CC(=O)OC(C)(C)C)cc3C2=O)c1. The third kappa shape index (κ3) is 4.50. The lowest BCUT2D eigenvalue weighted by molar-refractivity contribution is -0.155. The van der Waals surface area contributed by atoms with Gasteiger partial charge in [0.05, 0.1) is 16.8 Å². The summed E-state index contributed by atoms with van der Waals surface area (Å²) in [6, 6.07) is 9.94. The second-order valence-corrected chi connectivity index (χ2v) is 8.74. The molecule has 7 nitrogen and oxygen atoms in total. The maximum absolute atomic E-state index is 13.1. The number of amides is 3. The Hall–Kier alpha value is -3.48. The Morgan fingerprint density at radius 3 is 2.26 bits per heavy atom. The van der Waals surface area contributed by atoms with Crippen LogP contribution in [0.15, 0.2) is 36.4 Å². The molecule has 31 heavy (non-hydrogen) atoms. The molecular formula is C24H26N2O5. The molecule has 162 valence electrons. The van der Waals surface area contributed by atoms with Crippen LogP contribution in [0.3, 0.4) is 0 Å². The minimum atomic E-state index is -0.654. The molecule has 0 aliphatic carbocycles. The number of ether oxygens (including phenoxy) is 1. The number of hydrogen-bond donors (Lipinski definition) is 0. The minimum absolute atomic E-state index is 0.169. The lowest BCUT2D eigenvalue weighted by Crippen LogP contribution is -2.36. The summed E-state index contributed by atoms with van der Waals surface area (Å²) in [5.74, 6) is -1.87. The maximum atomic E-state index is 13.1. The summed E-state index contributed by atoms with van der Waals surface area (Å²) in [5, 5.41) is 0. The van der Waals surface area contributed by atoms with E-state index < -0.39 is 29.3 Å². The zero-order valence-corrected chi connectivity index (χ0v) is 18.6. The molecular weight excluding hydrogens is 396 g/mol. The Kier molecular flexibility index (Phi) is 5.72. The van der Waals surface area contributed by atoms with Crippen LogP contribution < -0.4 is 4.90 Å². The average Bonchev–Trinajstić information content (AvgIpc) is 2.91. The third-order valence-electron chi connectivity index (χ3n) is 4.87. The van der Waals surface area contributed by atoms with Gasteiger partial charge in [0.25, 0.3) is 17.7 Å². The molecule has 3 rings (SSSR count). The molecule has 0 fully saturated rings. The normalized spacial score (nSPS) is 13.3. The minimum Gasteiger partial charge on any atom is -0.459 e. The lowest BCUT2D eigenvalue weighted by Gasteiger charge is -2.22. The summed E-state index contributed by atoms with van der Waals surface area (Å²) >= 11 is 0. The first kappa shape index (κ1) is 22.2. The first-order valence-corrected chi connectivity index (χ1v) is 9.96. The van der Waals surface area contributed by atoms with Crippen LogP contribution in [0.4, 0.5) is 5.69 Å². The summed E-state index contributed by atoms with van der Waals surface area (Å²) in [7, 11) is 1.48. The van der Waals surface area contributed by atoms with Crippen LogP contribution in [-0.2, 0) is 9.53 Å². The first-order valence-electron chi connectivity index (χ1n) is 9.96. The van der Waals surface area contributed by atoms with Crippen molar-refractivity contribution in [3.05, 3.63) is 64.2 Å². The molecule has 1 aliphatic rings. The second kappa shape index (κ2) is 7.98. The number of carbonyl (C=O) groups is 4. The second-order valence-electron chi connectivity index (χ2n) is 8.74. The number of imide groups is 1. The smallest absolute Gasteiger partial charge is 0.326 e. The van der Waals surface area contributed by atoms with Crippen molar-refractivity contribution in [2.45, 2.75) is 40.2 Å². The van der Waals surface area contributed by atoms with Crippen molar-refractivity contribution >= 4 is 29.4 Å². The number of aryl methyl sites for hydroxylation is 2. The summed E-state index contributed by atoms with van der Waals surface area (Å²) in [5.41, 5.74) is 2.23. The fraction of sp³-hybridized carbons (Fsp3) is 0.333. The molecule has 0 bridgehead atoms. The Balaban J connectivity index is 1.85. The highest BCUT2D eigenvalue weighted by atomic mass is 16.6. The number of benzene rings is 2. The van der Waals surface area contributed by atoms with E-state index in [2.05, 4.69) is 0 Å². The van der Waals surface area contributed by atoms with Gasteiger partial charge in [0.2, 0.25) is 0 Å². The van der Waals surface area contributed by atoms with Gasteiger partial charge in [-0.15, -0.1) is 0 Å². The summed E-state index contributed by atoms with van der Waals surface area (Å²) in [6.45, 7) is 8.73. The van der Waals surface area contributed by atoms with Crippen molar-refractivity contribution in [2.24, 2.45) is 0 Å². The highest BCUT2D eigenvalue weighted by Gasteiger charge is 2.38. The highest BCUT2D eigenvalue weighted by Crippen LogP contribution is 2.32. The number of rotatable bonds is 4. The monoisotopic (exact) mass is 422 g/mol. The van der Waals surface area contributed by atoms with Gasteiger partial charge in [-0.3, -0.25) is 19.2 Å². The molecule has 2 aromatic carbocycles.